The Balaban J connectivity index is 1.58. The number of hydrogen-bond donors (Lipinski definition) is 0. The summed E-state index contributed by atoms with van der Waals surface area (Å²) in [4.78, 5) is 29.8. The van der Waals surface area contributed by atoms with Crippen LogP contribution in [-0.2, 0) is 9.53 Å². The summed E-state index contributed by atoms with van der Waals surface area (Å²) in [6, 6.07) is 19.1. The van der Waals surface area contributed by atoms with Crippen LogP contribution < -0.4 is 15.0 Å². The van der Waals surface area contributed by atoms with E-state index in [-0.39, 0.29) is 16.4 Å². The highest BCUT2D eigenvalue weighted by atomic mass is 35.5. The Bertz CT molecular complexity index is 1760. The maximum Gasteiger partial charge on any atom is 0.346 e. The molecule has 0 aliphatic carbocycles. The minimum absolute atomic E-state index is 0.223. The van der Waals surface area contributed by atoms with Crippen LogP contribution in [0.5, 0.6) is 11.5 Å². The number of aromatic nitrogens is 2. The van der Waals surface area contributed by atoms with E-state index in [2.05, 4.69) is 14.8 Å². The molecule has 0 bridgehead atoms. The quantitative estimate of drug-likeness (QED) is 0.207. The molecule has 3 aromatic carbocycles. The Kier molecular flexibility index (Phi) is 6.85. The van der Waals surface area contributed by atoms with Crippen molar-refractivity contribution in [2.45, 2.75) is 13.0 Å². The zero-order chi connectivity index (χ0) is 26.8. The maximum atomic E-state index is 13.5. The summed E-state index contributed by atoms with van der Waals surface area (Å²) in [5, 5.41) is 5.85. The van der Waals surface area contributed by atoms with Crippen molar-refractivity contribution in [2.75, 3.05) is 14.2 Å². The number of carbonyl (C=O) groups is 1. The van der Waals surface area contributed by atoms with Crippen molar-refractivity contribution in [3.63, 3.8) is 0 Å². The van der Waals surface area contributed by atoms with E-state index in [1.807, 2.05) is 12.1 Å². The number of methoxy groups -OCH3 is 2. The van der Waals surface area contributed by atoms with Gasteiger partial charge in [-0.1, -0.05) is 29.8 Å². The molecule has 0 N–H and O–H groups in total. The van der Waals surface area contributed by atoms with Gasteiger partial charge in [0, 0.05) is 0 Å². The van der Waals surface area contributed by atoms with Crippen LogP contribution in [-0.4, -0.2) is 42.2 Å². The maximum absolute atomic E-state index is 13.5. The van der Waals surface area contributed by atoms with Gasteiger partial charge in [-0.15, -0.1) is 0 Å². The summed E-state index contributed by atoms with van der Waals surface area (Å²) in [6.07, 6.45) is 0.647. The Hall–Kier alpha value is -4.63. The van der Waals surface area contributed by atoms with Crippen LogP contribution in [0.25, 0.3) is 33.5 Å². The van der Waals surface area contributed by atoms with Gasteiger partial charge in [0.1, 0.15) is 17.1 Å². The lowest BCUT2D eigenvalue weighted by Gasteiger charge is -2.13. The Morgan fingerprint density at radius 2 is 1.87 bits per heavy atom. The molecule has 0 unspecified atom stereocenters. The number of ether oxygens (including phenoxy) is 3. The van der Waals surface area contributed by atoms with E-state index in [4.69, 9.17) is 25.5 Å². The lowest BCUT2D eigenvalue weighted by Crippen LogP contribution is -2.25. The van der Waals surface area contributed by atoms with Gasteiger partial charge in [0.05, 0.1) is 41.7 Å². The molecule has 2 heterocycles. The van der Waals surface area contributed by atoms with Crippen LogP contribution in [0.3, 0.4) is 0 Å². The normalized spacial score (nSPS) is 12.2. The van der Waals surface area contributed by atoms with Gasteiger partial charge in [-0.25, -0.2) is 9.78 Å². The topological polar surface area (TPSA) is 105 Å². The average molecular weight is 532 g/mol. The molecule has 0 aliphatic heterocycles. The van der Waals surface area contributed by atoms with Gasteiger partial charge in [0.25, 0.3) is 5.56 Å². The van der Waals surface area contributed by atoms with Crippen molar-refractivity contribution in [3.8, 4) is 23.1 Å². The zero-order valence-electron chi connectivity index (χ0n) is 20.7. The number of para-hydroxylation sites is 1. The van der Waals surface area contributed by atoms with Gasteiger partial charge >= 0.3 is 5.97 Å². The number of carbonyl (C=O) groups excluding carboxylic acids is 1. The molecule has 9 nitrogen and oxygen atoms in total. The molecule has 1 atom stereocenters. The molecule has 38 heavy (non-hydrogen) atoms. The third-order valence-electron chi connectivity index (χ3n) is 5.83. The first-order valence-corrected chi connectivity index (χ1v) is 11.9. The molecule has 0 radical (unpaired) electrons. The fourth-order valence-electron chi connectivity index (χ4n) is 3.93. The SMILES string of the molecule is COC(=O)[C@@H](C)Oc1ccc(C=Nn2c(-c3cc4c(OC)cccc4o3)nc3ccccc3c2=O)cc1Cl. The number of hydrogen-bond acceptors (Lipinski definition) is 8. The van der Waals surface area contributed by atoms with Gasteiger partial charge in [-0.05, 0) is 61.0 Å². The Labute approximate surface area is 221 Å². The van der Waals surface area contributed by atoms with E-state index >= 15 is 0 Å². The molecule has 0 saturated heterocycles. The summed E-state index contributed by atoms with van der Waals surface area (Å²) in [5.41, 5.74) is 1.31. The van der Waals surface area contributed by atoms with Crippen LogP contribution in [0.4, 0.5) is 0 Å². The first-order chi connectivity index (χ1) is 18.4. The number of rotatable bonds is 7. The highest BCUT2D eigenvalue weighted by molar-refractivity contribution is 6.32. The van der Waals surface area contributed by atoms with Crippen LogP contribution in [0.2, 0.25) is 5.02 Å². The van der Waals surface area contributed by atoms with Gasteiger partial charge in [-0.3, -0.25) is 4.79 Å². The third-order valence-corrected chi connectivity index (χ3v) is 6.13. The van der Waals surface area contributed by atoms with E-state index in [1.54, 1.807) is 68.6 Å². The molecule has 0 amide bonds. The first kappa shape index (κ1) is 25.0. The van der Waals surface area contributed by atoms with Crippen molar-refractivity contribution in [3.05, 3.63) is 87.7 Å². The highest BCUT2D eigenvalue weighted by Crippen LogP contribution is 2.33. The van der Waals surface area contributed by atoms with Gasteiger partial charge in [-0.2, -0.15) is 9.78 Å². The van der Waals surface area contributed by atoms with Crippen molar-refractivity contribution < 1.29 is 23.4 Å². The molecule has 5 aromatic rings. The Morgan fingerprint density at radius 3 is 2.63 bits per heavy atom. The van der Waals surface area contributed by atoms with Crippen LogP contribution in [0, 0.1) is 0 Å². The zero-order valence-corrected chi connectivity index (χ0v) is 21.4. The summed E-state index contributed by atoms with van der Waals surface area (Å²) in [7, 11) is 2.86. The smallest absolute Gasteiger partial charge is 0.346 e. The average Bonchev–Trinajstić information content (AvgIpc) is 3.37. The predicted molar refractivity (Wildman–Crippen MR) is 144 cm³/mol. The molecule has 0 spiro atoms. The third kappa shape index (κ3) is 4.71. The lowest BCUT2D eigenvalue weighted by molar-refractivity contribution is -0.147. The number of fused-ring (bicyclic) bond motifs is 2. The van der Waals surface area contributed by atoms with Gasteiger partial charge < -0.3 is 18.6 Å². The second-order valence-corrected chi connectivity index (χ2v) is 8.68. The lowest BCUT2D eigenvalue weighted by atomic mass is 10.2. The molecule has 5 rings (SSSR count). The standard InChI is InChI=1S/C28H22ClN3O6/c1-16(28(34)36-3)37-24-12-11-17(13-20(24)29)15-30-32-26(31-21-8-5-4-7-18(21)27(32)33)25-14-19-22(35-2)9-6-10-23(19)38-25/h4-16H,1-3H3/t16-/m1/s1. The van der Waals surface area contributed by atoms with Gasteiger partial charge in [0.15, 0.2) is 11.9 Å². The van der Waals surface area contributed by atoms with E-state index in [9.17, 15) is 9.59 Å². The van der Waals surface area contributed by atoms with Crippen molar-refractivity contribution in [2.24, 2.45) is 5.10 Å². The van der Waals surface area contributed by atoms with E-state index < -0.39 is 12.1 Å². The first-order valence-electron chi connectivity index (χ1n) is 11.6. The number of halogens is 1. The van der Waals surface area contributed by atoms with E-state index in [0.29, 0.717) is 39.3 Å². The summed E-state index contributed by atoms with van der Waals surface area (Å²) >= 11 is 6.37. The van der Waals surface area contributed by atoms with Crippen molar-refractivity contribution >= 4 is 45.7 Å². The van der Waals surface area contributed by atoms with Crippen molar-refractivity contribution in [1.82, 2.24) is 9.66 Å². The number of esters is 1. The van der Waals surface area contributed by atoms with E-state index in [1.165, 1.54) is 18.0 Å². The predicted octanol–water partition coefficient (Wildman–Crippen LogP) is 5.29. The monoisotopic (exact) mass is 531 g/mol. The molecular weight excluding hydrogens is 510 g/mol. The Morgan fingerprint density at radius 1 is 1.05 bits per heavy atom. The molecule has 0 aliphatic rings. The molecular formula is C28H22ClN3O6. The fourth-order valence-corrected chi connectivity index (χ4v) is 4.17. The number of furan rings is 1. The minimum Gasteiger partial charge on any atom is -0.496 e. The molecule has 192 valence electrons. The second kappa shape index (κ2) is 10.4. The minimum atomic E-state index is -0.829. The van der Waals surface area contributed by atoms with Crippen LogP contribution in [0.15, 0.2) is 81.0 Å². The summed E-state index contributed by atoms with van der Waals surface area (Å²) < 4.78 is 22.9. The van der Waals surface area contributed by atoms with Crippen LogP contribution in [0.1, 0.15) is 12.5 Å². The summed E-state index contributed by atoms with van der Waals surface area (Å²) in [5.74, 6) is 0.993. The number of benzene rings is 3. The molecule has 10 heteroatoms. The summed E-state index contributed by atoms with van der Waals surface area (Å²) in [6.45, 7) is 1.56. The highest BCUT2D eigenvalue weighted by Gasteiger charge is 2.19. The molecule has 2 aromatic heterocycles. The van der Waals surface area contributed by atoms with E-state index in [0.717, 1.165) is 5.39 Å². The van der Waals surface area contributed by atoms with Crippen molar-refractivity contribution in [1.29, 1.82) is 0 Å². The van der Waals surface area contributed by atoms with Crippen LogP contribution >= 0.6 is 11.6 Å². The molecule has 0 saturated carbocycles. The molecule has 0 fully saturated rings. The number of nitrogens with zero attached hydrogens (tertiary/aromatic N) is 3. The largest absolute Gasteiger partial charge is 0.496 e. The fraction of sp³-hybridized carbons (Fsp3) is 0.143. The van der Waals surface area contributed by atoms with Gasteiger partial charge in [0.2, 0.25) is 5.82 Å². The second-order valence-electron chi connectivity index (χ2n) is 8.27.